The van der Waals surface area contributed by atoms with E-state index in [4.69, 9.17) is 4.74 Å². The lowest BCUT2D eigenvalue weighted by Crippen LogP contribution is -2.32. The van der Waals surface area contributed by atoms with Gasteiger partial charge in [0.05, 0.1) is 19.6 Å². The molecule has 1 heterocycles. The van der Waals surface area contributed by atoms with E-state index in [0.717, 1.165) is 37.9 Å². The molecule has 0 radical (unpaired) electrons. The van der Waals surface area contributed by atoms with Gasteiger partial charge in [-0.1, -0.05) is 45.0 Å². The molecule has 1 aromatic rings. The van der Waals surface area contributed by atoms with Gasteiger partial charge in [-0.05, 0) is 54.8 Å². The number of esters is 1. The first-order valence-corrected chi connectivity index (χ1v) is 9.97. The van der Waals surface area contributed by atoms with Gasteiger partial charge in [-0.2, -0.15) is 0 Å². The van der Waals surface area contributed by atoms with Crippen molar-refractivity contribution in [3.63, 3.8) is 0 Å². The standard InChI is InChI=1S/C22H34N2O3.ClH/c1-22(2,3)18-8-6-17(7-9-18)19(15-21(26)27-4)24-20(25)10-5-16-11-13-23-14-12-16;/h6-9,16,19,23H,5,10-15H2,1-4H3,(H,24,25);1H. The van der Waals surface area contributed by atoms with Crippen LogP contribution < -0.4 is 10.6 Å². The number of hydrogen-bond donors (Lipinski definition) is 2. The van der Waals surface area contributed by atoms with E-state index in [2.05, 4.69) is 43.5 Å². The lowest BCUT2D eigenvalue weighted by Gasteiger charge is -2.24. The number of methoxy groups -OCH3 is 1. The molecule has 0 spiro atoms. The zero-order chi connectivity index (χ0) is 19.9. The van der Waals surface area contributed by atoms with Gasteiger partial charge in [0.15, 0.2) is 0 Å². The molecule has 1 fully saturated rings. The second-order valence-corrected chi connectivity index (χ2v) is 8.50. The minimum absolute atomic E-state index is 0. The number of hydrogen-bond acceptors (Lipinski definition) is 4. The number of carbonyl (C=O) groups excluding carboxylic acids is 2. The molecule has 6 heteroatoms. The van der Waals surface area contributed by atoms with E-state index in [0.29, 0.717) is 12.3 Å². The quantitative estimate of drug-likeness (QED) is 0.669. The molecular weight excluding hydrogens is 376 g/mol. The fraction of sp³-hybridized carbons (Fsp3) is 0.636. The second-order valence-electron chi connectivity index (χ2n) is 8.50. The predicted octanol–water partition coefficient (Wildman–Crippen LogP) is 3.91. The Balaban J connectivity index is 0.00000392. The van der Waals surface area contributed by atoms with Gasteiger partial charge in [0.25, 0.3) is 0 Å². The largest absolute Gasteiger partial charge is 0.469 e. The van der Waals surface area contributed by atoms with Crippen LogP contribution in [-0.2, 0) is 19.7 Å². The van der Waals surface area contributed by atoms with Crippen molar-refractivity contribution in [3.8, 4) is 0 Å². The van der Waals surface area contributed by atoms with E-state index >= 15 is 0 Å². The molecule has 1 aromatic carbocycles. The van der Waals surface area contributed by atoms with Crippen LogP contribution in [0.3, 0.4) is 0 Å². The Morgan fingerprint density at radius 1 is 1.18 bits per heavy atom. The molecule has 158 valence electrons. The summed E-state index contributed by atoms with van der Waals surface area (Å²) < 4.78 is 4.82. The highest BCUT2D eigenvalue weighted by molar-refractivity contribution is 5.85. The number of ether oxygens (including phenoxy) is 1. The molecule has 0 aromatic heterocycles. The lowest BCUT2D eigenvalue weighted by molar-refractivity contribution is -0.141. The van der Waals surface area contributed by atoms with E-state index in [1.54, 1.807) is 0 Å². The average molecular weight is 411 g/mol. The van der Waals surface area contributed by atoms with Crippen LogP contribution in [0.1, 0.15) is 70.0 Å². The van der Waals surface area contributed by atoms with Gasteiger partial charge in [-0.15, -0.1) is 12.4 Å². The Bertz CT molecular complexity index is 620. The molecule has 1 saturated heterocycles. The normalized spacial score (nSPS) is 16.0. The van der Waals surface area contributed by atoms with Crippen molar-refractivity contribution in [3.05, 3.63) is 35.4 Å². The van der Waals surface area contributed by atoms with E-state index in [1.165, 1.54) is 12.7 Å². The number of piperidine rings is 1. The van der Waals surface area contributed by atoms with Crippen LogP contribution in [0.15, 0.2) is 24.3 Å². The zero-order valence-electron chi connectivity index (χ0n) is 17.5. The summed E-state index contributed by atoms with van der Waals surface area (Å²) in [6.07, 6.45) is 3.81. The third kappa shape index (κ3) is 7.80. The van der Waals surface area contributed by atoms with E-state index in [9.17, 15) is 9.59 Å². The van der Waals surface area contributed by atoms with Crippen molar-refractivity contribution in [2.75, 3.05) is 20.2 Å². The summed E-state index contributed by atoms with van der Waals surface area (Å²) in [7, 11) is 1.38. The fourth-order valence-electron chi connectivity index (χ4n) is 3.49. The number of benzene rings is 1. The first kappa shape index (κ1) is 24.4. The van der Waals surface area contributed by atoms with Crippen molar-refractivity contribution in [1.29, 1.82) is 0 Å². The van der Waals surface area contributed by atoms with Crippen LogP contribution >= 0.6 is 12.4 Å². The summed E-state index contributed by atoms with van der Waals surface area (Å²) >= 11 is 0. The molecule has 1 atom stereocenters. The maximum absolute atomic E-state index is 12.5. The Morgan fingerprint density at radius 2 is 1.79 bits per heavy atom. The van der Waals surface area contributed by atoms with Crippen LogP contribution in [0.25, 0.3) is 0 Å². The molecule has 0 aliphatic carbocycles. The summed E-state index contributed by atoms with van der Waals surface area (Å²) in [4.78, 5) is 24.3. The zero-order valence-corrected chi connectivity index (χ0v) is 18.4. The molecule has 0 bridgehead atoms. The maximum atomic E-state index is 12.5. The summed E-state index contributed by atoms with van der Waals surface area (Å²) in [6, 6.07) is 7.79. The first-order valence-electron chi connectivity index (χ1n) is 9.97. The Labute approximate surface area is 175 Å². The summed E-state index contributed by atoms with van der Waals surface area (Å²) in [6.45, 7) is 8.57. The molecule has 1 unspecified atom stereocenters. The highest BCUT2D eigenvalue weighted by Gasteiger charge is 2.21. The van der Waals surface area contributed by atoms with Crippen LogP contribution in [-0.4, -0.2) is 32.1 Å². The number of amides is 1. The van der Waals surface area contributed by atoms with E-state index in [1.807, 2.05) is 12.1 Å². The molecular formula is C22H35ClN2O3. The van der Waals surface area contributed by atoms with E-state index in [-0.39, 0.29) is 42.2 Å². The predicted molar refractivity (Wildman–Crippen MR) is 115 cm³/mol. The molecule has 28 heavy (non-hydrogen) atoms. The van der Waals surface area contributed by atoms with Gasteiger partial charge >= 0.3 is 5.97 Å². The van der Waals surface area contributed by atoms with Crippen molar-refractivity contribution >= 4 is 24.3 Å². The summed E-state index contributed by atoms with van der Waals surface area (Å²) in [5, 5.41) is 6.39. The number of carbonyl (C=O) groups is 2. The van der Waals surface area contributed by atoms with Crippen molar-refractivity contribution in [1.82, 2.24) is 10.6 Å². The molecule has 1 amide bonds. The monoisotopic (exact) mass is 410 g/mol. The van der Waals surface area contributed by atoms with Crippen molar-refractivity contribution in [2.45, 2.75) is 64.3 Å². The molecule has 1 aliphatic rings. The second kappa shape index (κ2) is 11.4. The van der Waals surface area contributed by atoms with Gasteiger partial charge in [0.2, 0.25) is 5.91 Å². The van der Waals surface area contributed by atoms with Crippen LogP contribution in [0.5, 0.6) is 0 Å². The highest BCUT2D eigenvalue weighted by Crippen LogP contribution is 2.25. The smallest absolute Gasteiger partial charge is 0.307 e. The van der Waals surface area contributed by atoms with E-state index < -0.39 is 0 Å². The highest BCUT2D eigenvalue weighted by atomic mass is 35.5. The minimum atomic E-state index is -0.355. The van der Waals surface area contributed by atoms with Gasteiger partial charge < -0.3 is 15.4 Å². The third-order valence-corrected chi connectivity index (χ3v) is 5.35. The minimum Gasteiger partial charge on any atom is -0.469 e. The summed E-state index contributed by atoms with van der Waals surface area (Å²) in [5.74, 6) is 0.294. The number of rotatable bonds is 7. The first-order chi connectivity index (χ1) is 12.8. The van der Waals surface area contributed by atoms with Crippen molar-refractivity contribution < 1.29 is 14.3 Å². The van der Waals surface area contributed by atoms with Gasteiger partial charge in [-0.3, -0.25) is 9.59 Å². The molecule has 2 N–H and O–H groups in total. The van der Waals surface area contributed by atoms with Gasteiger partial charge in [-0.25, -0.2) is 0 Å². The third-order valence-electron chi connectivity index (χ3n) is 5.35. The number of halogens is 1. The van der Waals surface area contributed by atoms with Crippen LogP contribution in [0.2, 0.25) is 0 Å². The van der Waals surface area contributed by atoms with Crippen LogP contribution in [0.4, 0.5) is 0 Å². The summed E-state index contributed by atoms with van der Waals surface area (Å²) in [5.41, 5.74) is 2.22. The number of nitrogens with one attached hydrogen (secondary N) is 2. The maximum Gasteiger partial charge on any atom is 0.307 e. The fourth-order valence-corrected chi connectivity index (χ4v) is 3.49. The molecule has 0 saturated carbocycles. The SMILES string of the molecule is COC(=O)CC(NC(=O)CCC1CCNCC1)c1ccc(C(C)(C)C)cc1.Cl. The van der Waals surface area contributed by atoms with Crippen LogP contribution in [0, 0.1) is 5.92 Å². The molecule has 2 rings (SSSR count). The molecule has 1 aliphatic heterocycles. The topological polar surface area (TPSA) is 67.4 Å². The van der Waals surface area contributed by atoms with Gasteiger partial charge in [0.1, 0.15) is 0 Å². The Hall–Kier alpha value is -1.59. The Morgan fingerprint density at radius 3 is 2.32 bits per heavy atom. The van der Waals surface area contributed by atoms with Crippen molar-refractivity contribution in [2.24, 2.45) is 5.92 Å². The van der Waals surface area contributed by atoms with Gasteiger partial charge in [0, 0.05) is 6.42 Å². The average Bonchev–Trinajstić information content (AvgIpc) is 2.66. The molecule has 5 nitrogen and oxygen atoms in total. The Kier molecular flexibility index (Phi) is 9.97. The lowest BCUT2D eigenvalue weighted by atomic mass is 9.86.